The molecule has 14 heavy (non-hydrogen) atoms. The molecule has 0 unspecified atom stereocenters. The Morgan fingerprint density at radius 1 is 1.00 bits per heavy atom. The monoisotopic (exact) mass is 196 g/mol. The quantitative estimate of drug-likeness (QED) is 0.505. The van der Waals surface area contributed by atoms with Crippen LogP contribution >= 0.6 is 0 Å². The van der Waals surface area contributed by atoms with E-state index in [0.717, 1.165) is 6.42 Å². The summed E-state index contributed by atoms with van der Waals surface area (Å²) in [7, 11) is 0. The summed E-state index contributed by atoms with van der Waals surface area (Å²) in [6.45, 7) is 18.9. The Balaban J connectivity index is 0. The van der Waals surface area contributed by atoms with Gasteiger partial charge in [0.2, 0.25) is 0 Å². The van der Waals surface area contributed by atoms with Crippen molar-refractivity contribution >= 4 is 0 Å². The van der Waals surface area contributed by atoms with Gasteiger partial charge in [0.1, 0.15) is 0 Å². The van der Waals surface area contributed by atoms with E-state index in [0.29, 0.717) is 10.8 Å². The van der Waals surface area contributed by atoms with Gasteiger partial charge in [-0.15, -0.1) is 6.58 Å². The van der Waals surface area contributed by atoms with E-state index < -0.39 is 0 Å². The van der Waals surface area contributed by atoms with Crippen LogP contribution in [0.3, 0.4) is 0 Å². The fourth-order valence-corrected chi connectivity index (χ4v) is 0.933. The molecule has 84 valence electrons. The minimum atomic E-state index is 0.370. The van der Waals surface area contributed by atoms with Crippen molar-refractivity contribution in [2.45, 2.75) is 54.9 Å². The topological polar surface area (TPSA) is 0 Å². The highest BCUT2D eigenvalue weighted by Gasteiger charge is 2.04. The minimum absolute atomic E-state index is 0.370. The zero-order valence-corrected chi connectivity index (χ0v) is 11.1. The minimum Gasteiger partial charge on any atom is -0.103 e. The summed E-state index contributed by atoms with van der Waals surface area (Å²) in [6.07, 6.45) is 7.33. The SMILES string of the molecule is C/C=C/C(C)(C)C.C=CCC(C)(C)C. The Hall–Kier alpha value is -0.520. The van der Waals surface area contributed by atoms with Crippen LogP contribution in [0.2, 0.25) is 0 Å². The largest absolute Gasteiger partial charge is 0.103 e. The maximum Gasteiger partial charge on any atom is -0.0203 e. The molecule has 0 saturated heterocycles. The van der Waals surface area contributed by atoms with Crippen molar-refractivity contribution < 1.29 is 0 Å². The molecule has 0 aliphatic heterocycles. The molecule has 0 rings (SSSR count). The molecular formula is C14H28. The first-order valence-corrected chi connectivity index (χ1v) is 5.37. The van der Waals surface area contributed by atoms with E-state index in [1.165, 1.54) is 0 Å². The van der Waals surface area contributed by atoms with Crippen LogP contribution in [0.25, 0.3) is 0 Å². The number of hydrogen-bond acceptors (Lipinski definition) is 0. The van der Waals surface area contributed by atoms with E-state index in [2.05, 4.69) is 60.3 Å². The number of hydrogen-bond donors (Lipinski definition) is 0. The summed E-state index contributed by atoms with van der Waals surface area (Å²) < 4.78 is 0. The van der Waals surface area contributed by atoms with Gasteiger partial charge in [0.05, 0.1) is 0 Å². The van der Waals surface area contributed by atoms with Gasteiger partial charge >= 0.3 is 0 Å². The maximum atomic E-state index is 3.65. The van der Waals surface area contributed by atoms with Gasteiger partial charge in [-0.1, -0.05) is 59.8 Å². The lowest BCUT2D eigenvalue weighted by Crippen LogP contribution is -2.01. The second-order valence-electron chi connectivity index (χ2n) is 5.92. The summed E-state index contributed by atoms with van der Waals surface area (Å²) in [4.78, 5) is 0. The molecule has 0 aliphatic carbocycles. The van der Waals surface area contributed by atoms with Gasteiger partial charge < -0.3 is 0 Å². The summed E-state index contributed by atoms with van der Waals surface area (Å²) >= 11 is 0. The Kier molecular flexibility index (Phi) is 7.81. The standard InChI is InChI=1S/2C7H14/c2*1-5-6-7(2,3)4/h5-6H,1-4H3;5H,1,6H2,2-4H3/b6-5+;. The van der Waals surface area contributed by atoms with Crippen molar-refractivity contribution in [2.24, 2.45) is 10.8 Å². The number of allylic oxidation sites excluding steroid dienone is 3. The molecule has 0 heteroatoms. The predicted octanol–water partition coefficient (Wildman–Crippen LogP) is 5.22. The van der Waals surface area contributed by atoms with Crippen LogP contribution in [-0.2, 0) is 0 Å². The van der Waals surface area contributed by atoms with Crippen LogP contribution in [0.4, 0.5) is 0 Å². The van der Waals surface area contributed by atoms with Gasteiger partial charge in [-0.05, 0) is 24.2 Å². The van der Waals surface area contributed by atoms with Gasteiger partial charge in [0.25, 0.3) is 0 Å². The van der Waals surface area contributed by atoms with E-state index in [1.54, 1.807) is 0 Å². The van der Waals surface area contributed by atoms with E-state index >= 15 is 0 Å². The zero-order valence-electron chi connectivity index (χ0n) is 11.1. The molecule has 0 spiro atoms. The molecule has 0 fully saturated rings. The molecule has 0 aromatic rings. The average Bonchev–Trinajstić information content (AvgIpc) is 1.81. The highest BCUT2D eigenvalue weighted by atomic mass is 14.1. The van der Waals surface area contributed by atoms with Gasteiger partial charge in [-0.3, -0.25) is 0 Å². The Bertz CT molecular complexity index is 159. The first kappa shape index (κ1) is 15.9. The highest BCUT2D eigenvalue weighted by Crippen LogP contribution is 2.17. The summed E-state index contributed by atoms with van der Waals surface area (Å²) in [5, 5.41) is 0. The van der Waals surface area contributed by atoms with Crippen LogP contribution in [-0.4, -0.2) is 0 Å². The van der Waals surface area contributed by atoms with Crippen LogP contribution in [0.5, 0.6) is 0 Å². The highest BCUT2D eigenvalue weighted by molar-refractivity contribution is 4.88. The molecular weight excluding hydrogens is 168 g/mol. The van der Waals surface area contributed by atoms with Crippen molar-refractivity contribution in [3.05, 3.63) is 24.8 Å². The molecule has 0 aromatic heterocycles. The van der Waals surface area contributed by atoms with Gasteiger partial charge in [0.15, 0.2) is 0 Å². The smallest absolute Gasteiger partial charge is 0.0203 e. The fourth-order valence-electron chi connectivity index (χ4n) is 0.933. The normalized spacial score (nSPS) is 12.2. The molecule has 0 N–H and O–H groups in total. The summed E-state index contributed by atoms with van der Waals surface area (Å²) in [5.41, 5.74) is 0.802. The molecule has 0 amide bonds. The molecule has 0 saturated carbocycles. The van der Waals surface area contributed by atoms with Gasteiger partial charge in [-0.2, -0.15) is 0 Å². The lowest BCUT2D eigenvalue weighted by atomic mass is 9.93. The third-order valence-electron chi connectivity index (χ3n) is 1.42. The van der Waals surface area contributed by atoms with Crippen molar-refractivity contribution in [1.29, 1.82) is 0 Å². The molecule has 0 aliphatic rings. The molecule has 0 nitrogen and oxygen atoms in total. The van der Waals surface area contributed by atoms with Crippen molar-refractivity contribution in [1.82, 2.24) is 0 Å². The number of rotatable bonds is 1. The first-order chi connectivity index (χ1) is 6.12. The lowest BCUT2D eigenvalue weighted by molar-refractivity contribution is 0.421. The van der Waals surface area contributed by atoms with E-state index in [4.69, 9.17) is 0 Å². The van der Waals surface area contributed by atoms with Gasteiger partial charge in [0, 0.05) is 0 Å². The maximum absolute atomic E-state index is 3.65. The third kappa shape index (κ3) is 22.5. The van der Waals surface area contributed by atoms with Crippen LogP contribution in [0, 0.1) is 10.8 Å². The Morgan fingerprint density at radius 3 is 1.43 bits per heavy atom. The zero-order chi connectivity index (χ0) is 11.8. The fraction of sp³-hybridized carbons (Fsp3) is 0.714. The van der Waals surface area contributed by atoms with E-state index in [9.17, 15) is 0 Å². The van der Waals surface area contributed by atoms with Crippen molar-refractivity contribution in [3.63, 3.8) is 0 Å². The Labute approximate surface area is 91.1 Å². The molecule has 0 bridgehead atoms. The van der Waals surface area contributed by atoms with Crippen molar-refractivity contribution in [3.8, 4) is 0 Å². The molecule has 0 aromatic carbocycles. The second-order valence-corrected chi connectivity index (χ2v) is 5.92. The third-order valence-corrected chi connectivity index (χ3v) is 1.42. The summed E-state index contributed by atoms with van der Waals surface area (Å²) in [5.74, 6) is 0. The summed E-state index contributed by atoms with van der Waals surface area (Å²) in [6, 6.07) is 0. The molecule has 0 radical (unpaired) electrons. The lowest BCUT2D eigenvalue weighted by Gasteiger charge is -2.13. The van der Waals surface area contributed by atoms with Crippen molar-refractivity contribution in [2.75, 3.05) is 0 Å². The predicted molar refractivity (Wildman–Crippen MR) is 68.5 cm³/mol. The van der Waals surface area contributed by atoms with Crippen LogP contribution in [0.15, 0.2) is 24.8 Å². The molecule has 0 atom stereocenters. The first-order valence-electron chi connectivity index (χ1n) is 5.37. The second kappa shape index (κ2) is 6.86. The van der Waals surface area contributed by atoms with Crippen LogP contribution < -0.4 is 0 Å². The average molecular weight is 196 g/mol. The van der Waals surface area contributed by atoms with Gasteiger partial charge in [-0.25, -0.2) is 0 Å². The van der Waals surface area contributed by atoms with E-state index in [-0.39, 0.29) is 0 Å². The van der Waals surface area contributed by atoms with E-state index in [1.807, 2.05) is 13.0 Å². The van der Waals surface area contributed by atoms with Crippen LogP contribution in [0.1, 0.15) is 54.9 Å². The molecule has 0 heterocycles. The Morgan fingerprint density at radius 2 is 1.43 bits per heavy atom.